The Morgan fingerprint density at radius 1 is 1.36 bits per heavy atom. The van der Waals surface area contributed by atoms with Crippen LogP contribution in [0.15, 0.2) is 29.1 Å². The molecule has 0 amide bonds. The molecule has 0 saturated heterocycles. The third kappa shape index (κ3) is 0.902. The average molecular weight is 145 g/mol. The summed E-state index contributed by atoms with van der Waals surface area (Å²) >= 11 is 0. The van der Waals surface area contributed by atoms with Crippen LogP contribution in [-0.2, 0) is 0 Å². The maximum absolute atomic E-state index is 11.1. The van der Waals surface area contributed by atoms with Crippen LogP contribution in [0.25, 0.3) is 10.9 Å². The van der Waals surface area contributed by atoms with Crippen molar-refractivity contribution < 1.29 is 0 Å². The molecule has 0 spiro atoms. The third-order valence-electron chi connectivity index (χ3n) is 1.49. The van der Waals surface area contributed by atoms with Crippen LogP contribution >= 0.6 is 0 Å². The second-order valence-electron chi connectivity index (χ2n) is 2.19. The van der Waals surface area contributed by atoms with E-state index < -0.39 is 0 Å². The van der Waals surface area contributed by atoms with Crippen molar-refractivity contribution in [3.05, 3.63) is 40.9 Å². The molecule has 1 heterocycles. The number of aromatic amines is 1. The minimum atomic E-state index is -0.143. The standard InChI is InChI=1S/C8H5N2O/c11-8-6-3-1-2-4-7(6)9-5-10-8/h1-4H,(H,9,10,11). The van der Waals surface area contributed by atoms with Crippen LogP contribution in [0.5, 0.6) is 0 Å². The van der Waals surface area contributed by atoms with Gasteiger partial charge in [-0.05, 0) is 12.1 Å². The van der Waals surface area contributed by atoms with Crippen LogP contribution in [0.4, 0.5) is 0 Å². The first kappa shape index (κ1) is 6.09. The fourth-order valence-electron chi connectivity index (χ4n) is 0.969. The highest BCUT2D eigenvalue weighted by molar-refractivity contribution is 5.76. The van der Waals surface area contributed by atoms with E-state index in [4.69, 9.17) is 0 Å². The number of fused-ring (bicyclic) bond motifs is 1. The summed E-state index contributed by atoms with van der Waals surface area (Å²) in [4.78, 5) is 17.3. The molecular formula is C8H5N2O. The highest BCUT2D eigenvalue weighted by Crippen LogP contribution is 2.02. The lowest BCUT2D eigenvalue weighted by atomic mass is 10.2. The van der Waals surface area contributed by atoms with Gasteiger partial charge in [-0.25, -0.2) is 4.98 Å². The van der Waals surface area contributed by atoms with Gasteiger partial charge in [0.15, 0.2) is 6.33 Å². The lowest BCUT2D eigenvalue weighted by Gasteiger charge is -1.90. The Kier molecular flexibility index (Phi) is 1.22. The van der Waals surface area contributed by atoms with E-state index in [1.807, 2.05) is 6.07 Å². The minimum absolute atomic E-state index is 0.143. The molecule has 0 fully saturated rings. The maximum Gasteiger partial charge on any atom is 0.259 e. The zero-order chi connectivity index (χ0) is 7.68. The first-order valence-electron chi connectivity index (χ1n) is 3.23. The van der Waals surface area contributed by atoms with Gasteiger partial charge in [0.1, 0.15) is 0 Å². The molecule has 2 aromatic rings. The Morgan fingerprint density at radius 2 is 2.18 bits per heavy atom. The molecule has 1 aromatic carbocycles. The number of aromatic nitrogens is 2. The van der Waals surface area contributed by atoms with E-state index in [1.54, 1.807) is 18.2 Å². The van der Waals surface area contributed by atoms with Crippen LogP contribution < -0.4 is 5.56 Å². The van der Waals surface area contributed by atoms with E-state index in [9.17, 15) is 4.79 Å². The van der Waals surface area contributed by atoms with E-state index in [0.29, 0.717) is 10.9 Å². The summed E-state index contributed by atoms with van der Waals surface area (Å²) in [6.45, 7) is 0. The van der Waals surface area contributed by atoms with Gasteiger partial charge in [0.2, 0.25) is 0 Å². The molecule has 1 radical (unpaired) electrons. The molecule has 0 atom stereocenters. The smallest absolute Gasteiger partial charge is 0.259 e. The Hall–Kier alpha value is -1.64. The summed E-state index contributed by atoms with van der Waals surface area (Å²) in [6.07, 6.45) is 2.42. The molecule has 0 saturated carbocycles. The largest absolute Gasteiger partial charge is 0.303 e. The number of rotatable bonds is 0. The first-order valence-corrected chi connectivity index (χ1v) is 3.23. The van der Waals surface area contributed by atoms with Crippen molar-refractivity contribution in [3.63, 3.8) is 0 Å². The molecule has 0 unspecified atom stereocenters. The summed E-state index contributed by atoms with van der Waals surface area (Å²) in [5.41, 5.74) is 0.534. The van der Waals surface area contributed by atoms with Gasteiger partial charge in [-0.15, -0.1) is 0 Å². The van der Waals surface area contributed by atoms with Gasteiger partial charge in [-0.2, -0.15) is 0 Å². The molecule has 1 aromatic heterocycles. The van der Waals surface area contributed by atoms with Crippen LogP contribution in [0.2, 0.25) is 0 Å². The van der Waals surface area contributed by atoms with Crippen molar-refractivity contribution in [2.75, 3.05) is 0 Å². The van der Waals surface area contributed by atoms with Crippen LogP contribution in [0.3, 0.4) is 0 Å². The molecule has 2 rings (SSSR count). The number of H-pyrrole nitrogens is 1. The maximum atomic E-state index is 11.1. The second-order valence-corrected chi connectivity index (χ2v) is 2.19. The highest BCUT2D eigenvalue weighted by atomic mass is 16.1. The second kappa shape index (κ2) is 2.20. The van der Waals surface area contributed by atoms with Gasteiger partial charge < -0.3 is 4.98 Å². The Bertz CT molecular complexity index is 428. The van der Waals surface area contributed by atoms with E-state index in [1.165, 1.54) is 0 Å². The van der Waals surface area contributed by atoms with E-state index in [0.717, 1.165) is 0 Å². The molecule has 0 aliphatic carbocycles. The van der Waals surface area contributed by atoms with Gasteiger partial charge in [0, 0.05) is 0 Å². The third-order valence-corrected chi connectivity index (χ3v) is 1.49. The van der Waals surface area contributed by atoms with Gasteiger partial charge in [0.25, 0.3) is 5.56 Å². The monoisotopic (exact) mass is 145 g/mol. The Balaban J connectivity index is 3.03. The topological polar surface area (TPSA) is 45.8 Å². The van der Waals surface area contributed by atoms with Gasteiger partial charge in [0.05, 0.1) is 10.9 Å². The first-order chi connectivity index (χ1) is 5.38. The van der Waals surface area contributed by atoms with Crippen molar-refractivity contribution >= 4 is 10.9 Å². The van der Waals surface area contributed by atoms with Gasteiger partial charge >= 0.3 is 0 Å². The molecule has 0 aliphatic rings. The molecule has 3 heteroatoms. The predicted octanol–water partition coefficient (Wildman–Crippen LogP) is 0.723. The number of benzene rings is 1. The summed E-state index contributed by atoms with van der Waals surface area (Å²) in [6, 6.07) is 7.15. The summed E-state index contributed by atoms with van der Waals surface area (Å²) in [5, 5.41) is 0.603. The quantitative estimate of drug-likeness (QED) is 0.593. The average Bonchev–Trinajstić information content (AvgIpc) is 2.06. The van der Waals surface area contributed by atoms with Crippen molar-refractivity contribution in [2.45, 2.75) is 0 Å². The summed E-state index contributed by atoms with van der Waals surface area (Å²) in [7, 11) is 0. The number of nitrogens with one attached hydrogen (secondary N) is 1. The zero-order valence-electron chi connectivity index (χ0n) is 5.66. The molecule has 53 valence electrons. The van der Waals surface area contributed by atoms with Crippen LogP contribution in [0, 0.1) is 6.33 Å². The molecule has 3 nitrogen and oxygen atoms in total. The van der Waals surface area contributed by atoms with Crippen LogP contribution in [0.1, 0.15) is 0 Å². The molecule has 0 aliphatic heterocycles. The minimum Gasteiger partial charge on any atom is -0.303 e. The van der Waals surface area contributed by atoms with Crippen molar-refractivity contribution in [2.24, 2.45) is 0 Å². The summed E-state index contributed by atoms with van der Waals surface area (Å²) in [5.74, 6) is 0. The highest BCUT2D eigenvalue weighted by Gasteiger charge is 1.94. The van der Waals surface area contributed by atoms with Crippen molar-refractivity contribution in [1.82, 2.24) is 9.97 Å². The molecule has 1 N–H and O–H groups in total. The van der Waals surface area contributed by atoms with Crippen molar-refractivity contribution in [3.8, 4) is 0 Å². The molecular weight excluding hydrogens is 140 g/mol. The van der Waals surface area contributed by atoms with E-state index in [-0.39, 0.29) is 5.56 Å². The van der Waals surface area contributed by atoms with E-state index in [2.05, 4.69) is 16.3 Å². The zero-order valence-corrected chi connectivity index (χ0v) is 5.66. The molecule has 11 heavy (non-hydrogen) atoms. The lowest BCUT2D eigenvalue weighted by molar-refractivity contribution is 1.15. The molecule has 0 bridgehead atoms. The SMILES string of the molecule is O=c1[nH][c]nc2ccccc12. The Morgan fingerprint density at radius 3 is 3.00 bits per heavy atom. The number of hydrogen-bond donors (Lipinski definition) is 1. The number of para-hydroxylation sites is 1. The van der Waals surface area contributed by atoms with Gasteiger partial charge in [-0.1, -0.05) is 12.1 Å². The van der Waals surface area contributed by atoms with Crippen molar-refractivity contribution in [1.29, 1.82) is 0 Å². The lowest BCUT2D eigenvalue weighted by Crippen LogP contribution is -2.05. The number of nitrogens with zero attached hydrogens (tertiary/aromatic N) is 1. The Labute approximate surface area is 62.7 Å². The van der Waals surface area contributed by atoms with Crippen LogP contribution in [-0.4, -0.2) is 9.97 Å². The predicted molar refractivity (Wildman–Crippen MR) is 41.2 cm³/mol. The normalized spacial score (nSPS) is 10.2. The van der Waals surface area contributed by atoms with Gasteiger partial charge in [-0.3, -0.25) is 4.79 Å². The fourth-order valence-corrected chi connectivity index (χ4v) is 0.969. The fraction of sp³-hybridized carbons (Fsp3) is 0. The summed E-state index contributed by atoms with van der Waals surface area (Å²) < 4.78 is 0. The van der Waals surface area contributed by atoms with E-state index >= 15 is 0 Å². The number of hydrogen-bond acceptors (Lipinski definition) is 2.